The molecule has 0 radical (unpaired) electrons. The van der Waals surface area contributed by atoms with Crippen LogP contribution in [0.2, 0.25) is 0 Å². The number of aliphatic hydroxyl groups excluding tert-OH is 1. The van der Waals surface area contributed by atoms with Gasteiger partial charge in [-0.2, -0.15) is 0 Å². The minimum atomic E-state index is 0.0319. The standard InChI is InChI=1S/C14H21NO5/c1-17-14(15)12-2-4-13(5-3-12)20-11-10-19-9-8-18-7-6-16/h2-5,15-16H,6-11H2,1H3/p+1. The van der Waals surface area contributed by atoms with Crippen molar-refractivity contribution in [3.8, 4) is 5.75 Å². The number of ether oxygens (including phenoxy) is 4. The van der Waals surface area contributed by atoms with Crippen LogP contribution in [0.15, 0.2) is 24.3 Å². The van der Waals surface area contributed by atoms with Crippen LogP contribution in [0.4, 0.5) is 0 Å². The first kappa shape index (κ1) is 16.4. The first-order valence-electron chi connectivity index (χ1n) is 6.44. The molecule has 0 spiro atoms. The molecule has 3 N–H and O–H groups in total. The average Bonchev–Trinajstić information content (AvgIpc) is 2.50. The van der Waals surface area contributed by atoms with Crippen LogP contribution >= 0.6 is 0 Å². The van der Waals surface area contributed by atoms with E-state index in [1.165, 1.54) is 7.11 Å². The van der Waals surface area contributed by atoms with Crippen LogP contribution in [0.1, 0.15) is 5.56 Å². The van der Waals surface area contributed by atoms with E-state index < -0.39 is 0 Å². The Morgan fingerprint density at radius 1 is 1.00 bits per heavy atom. The monoisotopic (exact) mass is 284 g/mol. The van der Waals surface area contributed by atoms with Gasteiger partial charge in [-0.1, -0.05) is 0 Å². The molecule has 0 aliphatic rings. The molecule has 0 saturated heterocycles. The van der Waals surface area contributed by atoms with Crippen LogP contribution in [0.5, 0.6) is 5.75 Å². The molecule has 0 heterocycles. The Kier molecular flexibility index (Phi) is 8.37. The number of nitrogens with two attached hydrogens (primary N) is 1. The van der Waals surface area contributed by atoms with Crippen molar-refractivity contribution in [1.82, 2.24) is 0 Å². The second kappa shape index (κ2) is 10.2. The number of hydrogen-bond acceptors (Lipinski definition) is 5. The van der Waals surface area contributed by atoms with Gasteiger partial charge in [0.05, 0.1) is 45.7 Å². The average molecular weight is 284 g/mol. The summed E-state index contributed by atoms with van der Waals surface area (Å²) in [4.78, 5) is 0. The Morgan fingerprint density at radius 3 is 2.20 bits per heavy atom. The maximum Gasteiger partial charge on any atom is 0.366 e. The largest absolute Gasteiger partial charge is 0.491 e. The zero-order valence-electron chi connectivity index (χ0n) is 11.7. The molecule has 0 aliphatic heterocycles. The fourth-order valence-electron chi connectivity index (χ4n) is 1.44. The first-order valence-corrected chi connectivity index (χ1v) is 6.44. The highest BCUT2D eigenvalue weighted by Gasteiger charge is 2.05. The molecule has 0 unspecified atom stereocenters. The summed E-state index contributed by atoms with van der Waals surface area (Å²) in [5, 5.41) is 14.1. The Hall–Kier alpha value is -1.63. The summed E-state index contributed by atoms with van der Waals surface area (Å²) in [6.45, 7) is 2.28. The summed E-state index contributed by atoms with van der Waals surface area (Å²) in [7, 11) is 1.53. The molecule has 0 atom stereocenters. The predicted octanol–water partition coefficient (Wildman–Crippen LogP) is -0.757. The van der Waals surface area contributed by atoms with Gasteiger partial charge < -0.3 is 24.1 Å². The van der Waals surface area contributed by atoms with Gasteiger partial charge in [0.15, 0.2) is 0 Å². The van der Waals surface area contributed by atoms with Crippen molar-refractivity contribution in [2.24, 2.45) is 0 Å². The van der Waals surface area contributed by atoms with E-state index in [-0.39, 0.29) is 6.61 Å². The smallest absolute Gasteiger partial charge is 0.366 e. The molecule has 20 heavy (non-hydrogen) atoms. The molecular formula is C14H22NO5+. The number of hydrogen-bond donors (Lipinski definition) is 2. The fourth-order valence-corrected chi connectivity index (χ4v) is 1.44. The minimum Gasteiger partial charge on any atom is -0.491 e. The topological polar surface area (TPSA) is 82.7 Å². The molecule has 0 aliphatic carbocycles. The molecule has 0 bridgehead atoms. The van der Waals surface area contributed by atoms with Gasteiger partial charge in [0.1, 0.15) is 12.4 Å². The van der Waals surface area contributed by atoms with Crippen molar-refractivity contribution in [3.05, 3.63) is 29.8 Å². The molecule has 0 aromatic heterocycles. The Bertz CT molecular complexity index is 380. The fraction of sp³-hybridized carbons (Fsp3) is 0.500. The van der Waals surface area contributed by atoms with E-state index in [1.54, 1.807) is 0 Å². The lowest BCUT2D eigenvalue weighted by Gasteiger charge is -2.07. The zero-order chi connectivity index (χ0) is 14.6. The SMILES string of the molecule is COC(=[NH2+])c1ccc(OCCOCCOCCO)cc1. The maximum atomic E-state index is 8.50. The maximum absolute atomic E-state index is 8.50. The molecule has 1 aromatic rings. The second-order valence-electron chi connectivity index (χ2n) is 3.89. The molecule has 0 amide bonds. The zero-order valence-corrected chi connectivity index (χ0v) is 11.7. The van der Waals surface area contributed by atoms with E-state index in [0.717, 1.165) is 11.3 Å². The molecule has 112 valence electrons. The summed E-state index contributed by atoms with van der Waals surface area (Å²) in [6, 6.07) is 7.31. The normalized spacial score (nSPS) is 10.3. The molecule has 6 nitrogen and oxygen atoms in total. The lowest BCUT2D eigenvalue weighted by Crippen LogP contribution is -2.41. The van der Waals surface area contributed by atoms with Crippen molar-refractivity contribution in [3.63, 3.8) is 0 Å². The Morgan fingerprint density at radius 2 is 1.60 bits per heavy atom. The molecule has 0 fully saturated rings. The lowest BCUT2D eigenvalue weighted by atomic mass is 10.2. The van der Waals surface area contributed by atoms with E-state index in [0.29, 0.717) is 38.9 Å². The van der Waals surface area contributed by atoms with Gasteiger partial charge in [-0.15, -0.1) is 0 Å². The van der Waals surface area contributed by atoms with Crippen LogP contribution in [0, 0.1) is 0 Å². The van der Waals surface area contributed by atoms with Gasteiger partial charge in [0.2, 0.25) is 0 Å². The third kappa shape index (κ3) is 6.51. The highest BCUT2D eigenvalue weighted by Crippen LogP contribution is 2.11. The third-order valence-corrected chi connectivity index (χ3v) is 2.46. The van der Waals surface area contributed by atoms with E-state index in [4.69, 9.17) is 29.5 Å². The number of methoxy groups -OCH3 is 1. The van der Waals surface area contributed by atoms with Crippen LogP contribution < -0.4 is 10.1 Å². The van der Waals surface area contributed by atoms with Crippen molar-refractivity contribution in [2.75, 3.05) is 46.8 Å². The van der Waals surface area contributed by atoms with E-state index in [9.17, 15) is 0 Å². The van der Waals surface area contributed by atoms with Crippen molar-refractivity contribution in [1.29, 1.82) is 0 Å². The van der Waals surface area contributed by atoms with Crippen LogP contribution in [0.25, 0.3) is 0 Å². The number of aliphatic hydroxyl groups is 1. The van der Waals surface area contributed by atoms with Gasteiger partial charge in [-0.25, -0.2) is 5.41 Å². The van der Waals surface area contributed by atoms with Crippen LogP contribution in [-0.4, -0.2) is 57.8 Å². The summed E-state index contributed by atoms with van der Waals surface area (Å²) >= 11 is 0. The molecule has 1 aromatic carbocycles. The number of benzene rings is 1. The van der Waals surface area contributed by atoms with E-state index in [2.05, 4.69) is 0 Å². The lowest BCUT2D eigenvalue weighted by molar-refractivity contribution is -0.135. The highest BCUT2D eigenvalue weighted by atomic mass is 16.5. The van der Waals surface area contributed by atoms with Crippen molar-refractivity contribution < 1.29 is 29.5 Å². The Labute approximate surface area is 118 Å². The summed E-state index contributed by atoms with van der Waals surface area (Å²) in [5.74, 6) is 1.13. The third-order valence-electron chi connectivity index (χ3n) is 2.46. The molecule has 0 saturated carbocycles. The van der Waals surface area contributed by atoms with Gasteiger partial charge in [-0.3, -0.25) is 0 Å². The minimum absolute atomic E-state index is 0.0319. The van der Waals surface area contributed by atoms with Gasteiger partial charge in [0, 0.05) is 0 Å². The quantitative estimate of drug-likeness (QED) is 0.335. The van der Waals surface area contributed by atoms with Gasteiger partial charge >= 0.3 is 5.90 Å². The second-order valence-corrected chi connectivity index (χ2v) is 3.89. The van der Waals surface area contributed by atoms with Gasteiger partial charge in [-0.05, 0) is 24.3 Å². The summed E-state index contributed by atoms with van der Waals surface area (Å²) in [5.41, 5.74) is 0.817. The molecule has 6 heteroatoms. The van der Waals surface area contributed by atoms with Crippen LogP contribution in [-0.2, 0) is 14.2 Å². The first-order chi connectivity index (χ1) is 9.77. The molecular weight excluding hydrogens is 262 g/mol. The van der Waals surface area contributed by atoms with Crippen molar-refractivity contribution >= 4 is 5.90 Å². The predicted molar refractivity (Wildman–Crippen MR) is 73.7 cm³/mol. The summed E-state index contributed by atoms with van der Waals surface area (Å²) in [6.07, 6.45) is 0. The van der Waals surface area contributed by atoms with Gasteiger partial charge in [0.25, 0.3) is 0 Å². The van der Waals surface area contributed by atoms with Crippen LogP contribution in [0.3, 0.4) is 0 Å². The number of rotatable bonds is 10. The Balaban J connectivity index is 2.11. The highest BCUT2D eigenvalue weighted by molar-refractivity contribution is 5.89. The molecule has 1 rings (SSSR count). The van der Waals surface area contributed by atoms with E-state index >= 15 is 0 Å². The van der Waals surface area contributed by atoms with E-state index in [1.807, 2.05) is 24.3 Å². The summed E-state index contributed by atoms with van der Waals surface area (Å²) < 4.78 is 20.8. The van der Waals surface area contributed by atoms with Crippen molar-refractivity contribution in [2.45, 2.75) is 0 Å².